The highest BCUT2D eigenvalue weighted by molar-refractivity contribution is 6.13. The van der Waals surface area contributed by atoms with Crippen LogP contribution in [0.15, 0.2) is 133 Å². The molecule has 0 saturated carbocycles. The number of benzene rings is 6. The van der Waals surface area contributed by atoms with Gasteiger partial charge in [0.1, 0.15) is 0 Å². The van der Waals surface area contributed by atoms with Crippen molar-refractivity contribution in [3.63, 3.8) is 0 Å². The predicted molar refractivity (Wildman–Crippen MR) is 176 cm³/mol. The number of hydrogen-bond acceptors (Lipinski definition) is 0. The summed E-state index contributed by atoms with van der Waals surface area (Å²) in [4.78, 5) is 0. The second-order valence-corrected chi connectivity index (χ2v) is 12.7. The Hall–Kier alpha value is -4.88. The Bertz CT molecular complexity index is 2230. The third-order valence-electron chi connectivity index (χ3n) is 10.3. The van der Waals surface area contributed by atoms with Crippen LogP contribution in [0.3, 0.4) is 0 Å². The third-order valence-corrected chi connectivity index (χ3v) is 10.3. The normalized spacial score (nSPS) is 17.7. The zero-order valence-corrected chi connectivity index (χ0v) is 24.1. The van der Waals surface area contributed by atoms with E-state index >= 15 is 0 Å². The molecule has 0 fully saturated rings. The predicted octanol–water partition coefficient (Wildman–Crippen LogP) is 10.4. The molecule has 0 radical (unpaired) electrons. The fourth-order valence-electron chi connectivity index (χ4n) is 8.26. The molecule has 2 aliphatic rings. The Morgan fingerprint density at radius 2 is 1.12 bits per heavy atom. The van der Waals surface area contributed by atoms with E-state index in [4.69, 9.17) is 0 Å². The second kappa shape index (κ2) is 8.11. The van der Waals surface area contributed by atoms with Gasteiger partial charge in [0.15, 0.2) is 0 Å². The number of hydrogen-bond donors (Lipinski definition) is 0. The standard InChI is InChI=1S/C41H31N/c1-40(2)34-18-10-7-16-29(34)33-25-27(21-24-35(33)40)42-37-20-12-9-17-30(37)32-23-22-31-28-15-8-11-19-36(28)41(3,38(31)39(32)42)26-13-5-4-6-14-26/h4-25H,1-3H3. The van der Waals surface area contributed by atoms with E-state index in [9.17, 15) is 0 Å². The first-order valence-electron chi connectivity index (χ1n) is 15.0. The van der Waals surface area contributed by atoms with E-state index in [2.05, 4.69) is 159 Å². The molecule has 1 unspecified atom stereocenters. The molecular formula is C41H31N. The van der Waals surface area contributed by atoms with E-state index in [-0.39, 0.29) is 10.8 Å². The molecule has 2 aliphatic carbocycles. The van der Waals surface area contributed by atoms with Gasteiger partial charge in [-0.3, -0.25) is 0 Å². The Balaban J connectivity index is 1.43. The van der Waals surface area contributed by atoms with Gasteiger partial charge < -0.3 is 4.57 Å². The van der Waals surface area contributed by atoms with E-state index in [1.54, 1.807) is 0 Å². The summed E-state index contributed by atoms with van der Waals surface area (Å²) in [6.07, 6.45) is 0. The molecule has 0 spiro atoms. The van der Waals surface area contributed by atoms with Crippen LogP contribution in [0, 0.1) is 0 Å². The van der Waals surface area contributed by atoms with Gasteiger partial charge in [-0.1, -0.05) is 129 Å². The lowest BCUT2D eigenvalue weighted by Gasteiger charge is -2.29. The van der Waals surface area contributed by atoms with Gasteiger partial charge in [0.2, 0.25) is 0 Å². The second-order valence-electron chi connectivity index (χ2n) is 12.7. The first-order chi connectivity index (χ1) is 20.5. The number of nitrogens with zero attached hydrogens (tertiary/aromatic N) is 1. The van der Waals surface area contributed by atoms with E-state index in [0.717, 1.165) is 0 Å². The molecule has 1 atom stereocenters. The summed E-state index contributed by atoms with van der Waals surface area (Å²) < 4.78 is 2.55. The van der Waals surface area contributed by atoms with E-state index in [1.165, 1.54) is 77.6 Å². The molecule has 1 heteroatoms. The van der Waals surface area contributed by atoms with E-state index in [1.807, 2.05) is 0 Å². The number of fused-ring (bicyclic) bond motifs is 10. The van der Waals surface area contributed by atoms with Crippen molar-refractivity contribution in [2.75, 3.05) is 0 Å². The maximum Gasteiger partial charge on any atom is 0.0591 e. The molecule has 1 nitrogen and oxygen atoms in total. The number of para-hydroxylation sites is 1. The summed E-state index contributed by atoms with van der Waals surface area (Å²) in [7, 11) is 0. The smallest absolute Gasteiger partial charge is 0.0591 e. The highest BCUT2D eigenvalue weighted by atomic mass is 15.0. The Morgan fingerprint density at radius 3 is 1.93 bits per heavy atom. The molecule has 6 aromatic carbocycles. The first kappa shape index (κ1) is 23.8. The van der Waals surface area contributed by atoms with Gasteiger partial charge in [-0.05, 0) is 75.2 Å². The molecule has 7 aromatic rings. The average Bonchev–Trinajstić information content (AvgIpc) is 3.60. The van der Waals surface area contributed by atoms with Gasteiger partial charge in [-0.25, -0.2) is 0 Å². The van der Waals surface area contributed by atoms with Gasteiger partial charge >= 0.3 is 0 Å². The van der Waals surface area contributed by atoms with Crippen molar-refractivity contribution in [1.82, 2.24) is 4.57 Å². The lowest BCUT2D eigenvalue weighted by molar-refractivity contribution is 0.660. The molecule has 0 saturated heterocycles. The quantitative estimate of drug-likeness (QED) is 0.207. The maximum absolute atomic E-state index is 2.55. The van der Waals surface area contributed by atoms with Crippen LogP contribution in [-0.4, -0.2) is 4.57 Å². The van der Waals surface area contributed by atoms with Crippen molar-refractivity contribution in [2.24, 2.45) is 0 Å². The fourth-order valence-corrected chi connectivity index (χ4v) is 8.26. The molecule has 1 aromatic heterocycles. The van der Waals surface area contributed by atoms with Gasteiger partial charge in [0.25, 0.3) is 0 Å². The van der Waals surface area contributed by atoms with Gasteiger partial charge in [-0.2, -0.15) is 0 Å². The van der Waals surface area contributed by atoms with Crippen LogP contribution in [0.1, 0.15) is 48.6 Å². The zero-order chi connectivity index (χ0) is 28.2. The molecular weight excluding hydrogens is 506 g/mol. The topological polar surface area (TPSA) is 4.93 Å². The van der Waals surface area contributed by atoms with Crippen molar-refractivity contribution in [3.05, 3.63) is 161 Å². The van der Waals surface area contributed by atoms with E-state index in [0.29, 0.717) is 0 Å². The minimum atomic E-state index is -0.288. The van der Waals surface area contributed by atoms with Crippen LogP contribution in [0.5, 0.6) is 0 Å². The Labute approximate surface area is 246 Å². The summed E-state index contributed by atoms with van der Waals surface area (Å²) in [5.41, 5.74) is 15.7. The highest BCUT2D eigenvalue weighted by Crippen LogP contribution is 2.56. The Morgan fingerprint density at radius 1 is 0.476 bits per heavy atom. The lowest BCUT2D eigenvalue weighted by atomic mass is 9.73. The van der Waals surface area contributed by atoms with Crippen LogP contribution >= 0.6 is 0 Å². The summed E-state index contributed by atoms with van der Waals surface area (Å²) in [6.45, 7) is 7.14. The molecule has 1 heterocycles. The number of aromatic nitrogens is 1. The monoisotopic (exact) mass is 537 g/mol. The minimum absolute atomic E-state index is 0.0138. The zero-order valence-electron chi connectivity index (χ0n) is 24.1. The summed E-state index contributed by atoms with van der Waals surface area (Å²) >= 11 is 0. The van der Waals surface area contributed by atoms with Gasteiger partial charge in [0, 0.05) is 27.3 Å². The van der Waals surface area contributed by atoms with E-state index < -0.39 is 0 Å². The number of rotatable bonds is 2. The van der Waals surface area contributed by atoms with Crippen LogP contribution < -0.4 is 0 Å². The van der Waals surface area contributed by atoms with Crippen molar-refractivity contribution < 1.29 is 0 Å². The molecule has 0 amide bonds. The van der Waals surface area contributed by atoms with Crippen molar-refractivity contribution in [3.8, 4) is 27.9 Å². The molecule has 0 bridgehead atoms. The molecule has 0 aliphatic heterocycles. The summed E-state index contributed by atoms with van der Waals surface area (Å²) in [5, 5.41) is 2.60. The summed E-state index contributed by atoms with van der Waals surface area (Å²) in [5.74, 6) is 0. The molecule has 0 N–H and O–H groups in total. The fraction of sp³-hybridized carbons (Fsp3) is 0.122. The average molecular weight is 538 g/mol. The van der Waals surface area contributed by atoms with Gasteiger partial charge in [-0.15, -0.1) is 0 Å². The molecule has 42 heavy (non-hydrogen) atoms. The van der Waals surface area contributed by atoms with Crippen LogP contribution in [0.2, 0.25) is 0 Å². The molecule has 200 valence electrons. The highest BCUT2D eigenvalue weighted by Gasteiger charge is 2.43. The van der Waals surface area contributed by atoms with Crippen molar-refractivity contribution in [2.45, 2.75) is 31.6 Å². The molecule has 9 rings (SSSR count). The maximum atomic E-state index is 2.55. The first-order valence-corrected chi connectivity index (χ1v) is 15.0. The van der Waals surface area contributed by atoms with Crippen LogP contribution in [0.4, 0.5) is 0 Å². The largest absolute Gasteiger partial charge is 0.309 e. The van der Waals surface area contributed by atoms with Crippen molar-refractivity contribution >= 4 is 21.8 Å². The SMILES string of the molecule is CC1(C)c2ccccc2-c2cc(-n3c4ccccc4c4ccc5c(c43)C(C)(c3ccccc3)c3ccccc3-5)ccc21. The third kappa shape index (κ3) is 2.83. The van der Waals surface area contributed by atoms with Crippen molar-refractivity contribution in [1.29, 1.82) is 0 Å². The Kier molecular flexibility index (Phi) is 4.59. The summed E-state index contributed by atoms with van der Waals surface area (Å²) in [6, 6.07) is 49.8. The van der Waals surface area contributed by atoms with Crippen LogP contribution in [0.25, 0.3) is 49.7 Å². The lowest BCUT2D eigenvalue weighted by Crippen LogP contribution is -2.23. The minimum Gasteiger partial charge on any atom is -0.309 e. The van der Waals surface area contributed by atoms with Gasteiger partial charge in [0.05, 0.1) is 11.0 Å². The van der Waals surface area contributed by atoms with Crippen LogP contribution in [-0.2, 0) is 10.8 Å².